The maximum Gasteiger partial charge on any atom is 0.254 e. The van der Waals surface area contributed by atoms with Gasteiger partial charge in [0.05, 0.1) is 18.8 Å². The lowest BCUT2D eigenvalue weighted by atomic mass is 10.1. The maximum absolute atomic E-state index is 12.7. The third kappa shape index (κ3) is 3.84. The van der Waals surface area contributed by atoms with Crippen LogP contribution in [0.15, 0.2) is 24.3 Å². The van der Waals surface area contributed by atoms with Crippen LogP contribution < -0.4 is 0 Å². The highest BCUT2D eigenvalue weighted by Gasteiger charge is 2.29. The monoisotopic (exact) mass is 287 g/mol. The van der Waals surface area contributed by atoms with Gasteiger partial charge in [-0.05, 0) is 31.5 Å². The number of morpholine rings is 1. The third-order valence-electron chi connectivity index (χ3n) is 3.62. The van der Waals surface area contributed by atoms with Gasteiger partial charge in [-0.15, -0.1) is 0 Å². The maximum atomic E-state index is 12.7. The van der Waals surface area contributed by atoms with E-state index in [0.29, 0.717) is 18.7 Å². The Balaban J connectivity index is 2.21. The first-order valence-electron chi connectivity index (χ1n) is 7.28. The fourth-order valence-corrected chi connectivity index (χ4v) is 2.47. The summed E-state index contributed by atoms with van der Waals surface area (Å²) in [6, 6.07) is 7.36. The lowest BCUT2D eigenvalue weighted by Crippen LogP contribution is -2.51. The van der Waals surface area contributed by atoms with E-state index in [-0.39, 0.29) is 24.7 Å². The molecule has 1 aliphatic heterocycles. The van der Waals surface area contributed by atoms with Gasteiger partial charge in [0.15, 0.2) is 0 Å². The van der Waals surface area contributed by atoms with Crippen LogP contribution >= 0.6 is 0 Å². The van der Waals surface area contributed by atoms with Crippen molar-refractivity contribution in [2.75, 3.05) is 19.8 Å². The molecule has 1 aromatic rings. The number of aliphatic hydroxyl groups excluding tert-OH is 1. The van der Waals surface area contributed by atoms with Crippen molar-refractivity contribution < 1.29 is 14.6 Å². The number of amides is 1. The summed E-state index contributed by atoms with van der Waals surface area (Å²) in [5, 5.41) is 8.74. The van der Waals surface area contributed by atoms with Crippen molar-refractivity contribution >= 4 is 5.91 Å². The van der Waals surface area contributed by atoms with Crippen molar-refractivity contribution in [3.63, 3.8) is 0 Å². The van der Waals surface area contributed by atoms with Crippen LogP contribution in [0.3, 0.4) is 0 Å². The minimum absolute atomic E-state index is 0.0182. The summed E-state index contributed by atoms with van der Waals surface area (Å²) in [4.78, 5) is 14.6. The number of aliphatic hydroxyl groups is 1. The SMILES string of the molecule is CCC1COC(C)CN1C(=O)c1cccc(C#CCO)c1. The Labute approximate surface area is 125 Å². The summed E-state index contributed by atoms with van der Waals surface area (Å²) in [5.74, 6) is 5.45. The minimum Gasteiger partial charge on any atom is -0.384 e. The Morgan fingerprint density at radius 1 is 1.52 bits per heavy atom. The lowest BCUT2D eigenvalue weighted by molar-refractivity contribution is -0.0444. The van der Waals surface area contributed by atoms with Crippen molar-refractivity contribution in [2.45, 2.75) is 32.4 Å². The van der Waals surface area contributed by atoms with Crippen LogP contribution in [-0.2, 0) is 4.74 Å². The third-order valence-corrected chi connectivity index (χ3v) is 3.62. The second-order valence-electron chi connectivity index (χ2n) is 5.20. The molecule has 0 bridgehead atoms. The van der Waals surface area contributed by atoms with Crippen LogP contribution in [-0.4, -0.2) is 47.8 Å². The lowest BCUT2D eigenvalue weighted by Gasteiger charge is -2.38. The van der Waals surface area contributed by atoms with Gasteiger partial charge in [-0.3, -0.25) is 4.79 Å². The van der Waals surface area contributed by atoms with E-state index in [2.05, 4.69) is 18.8 Å². The minimum atomic E-state index is -0.183. The van der Waals surface area contributed by atoms with Gasteiger partial charge in [0.25, 0.3) is 5.91 Å². The summed E-state index contributed by atoms with van der Waals surface area (Å²) >= 11 is 0. The smallest absolute Gasteiger partial charge is 0.254 e. The molecule has 0 saturated carbocycles. The molecule has 2 atom stereocenters. The van der Waals surface area contributed by atoms with Crippen LogP contribution in [0.1, 0.15) is 36.2 Å². The normalized spacial score (nSPS) is 21.6. The summed E-state index contributed by atoms with van der Waals surface area (Å²) in [6.45, 7) is 5.07. The predicted octanol–water partition coefficient (Wildman–Crippen LogP) is 1.67. The number of hydrogen-bond acceptors (Lipinski definition) is 3. The average Bonchev–Trinajstić information content (AvgIpc) is 2.52. The molecule has 112 valence electrons. The first-order chi connectivity index (χ1) is 10.2. The van der Waals surface area contributed by atoms with E-state index in [9.17, 15) is 4.79 Å². The zero-order chi connectivity index (χ0) is 15.2. The Kier molecular flexibility index (Phi) is 5.38. The molecule has 1 aliphatic rings. The Morgan fingerprint density at radius 2 is 2.33 bits per heavy atom. The number of benzene rings is 1. The fraction of sp³-hybridized carbons (Fsp3) is 0.471. The molecule has 4 nitrogen and oxygen atoms in total. The van der Waals surface area contributed by atoms with Gasteiger partial charge in [0, 0.05) is 17.7 Å². The second-order valence-corrected chi connectivity index (χ2v) is 5.20. The number of ether oxygens (including phenoxy) is 1. The Hall–Kier alpha value is -1.83. The first kappa shape index (κ1) is 15.6. The van der Waals surface area contributed by atoms with Crippen molar-refractivity contribution in [3.05, 3.63) is 35.4 Å². The van der Waals surface area contributed by atoms with Crippen LogP contribution in [0.25, 0.3) is 0 Å². The number of rotatable bonds is 2. The number of carbonyl (C=O) groups is 1. The quantitative estimate of drug-likeness (QED) is 0.842. The molecular formula is C17H21NO3. The van der Waals surface area contributed by atoms with Gasteiger partial charge in [-0.1, -0.05) is 24.8 Å². The fourth-order valence-electron chi connectivity index (χ4n) is 2.47. The zero-order valence-electron chi connectivity index (χ0n) is 12.5. The molecule has 21 heavy (non-hydrogen) atoms. The second kappa shape index (κ2) is 7.26. The highest BCUT2D eigenvalue weighted by Crippen LogP contribution is 2.18. The van der Waals surface area contributed by atoms with Gasteiger partial charge in [0.1, 0.15) is 6.61 Å². The highest BCUT2D eigenvalue weighted by molar-refractivity contribution is 5.94. The number of carbonyl (C=O) groups excluding carboxylic acids is 1. The van der Waals surface area contributed by atoms with Crippen LogP contribution in [0, 0.1) is 11.8 Å². The van der Waals surface area contributed by atoms with E-state index in [1.165, 1.54) is 0 Å². The van der Waals surface area contributed by atoms with E-state index < -0.39 is 0 Å². The van der Waals surface area contributed by atoms with Gasteiger partial charge in [-0.25, -0.2) is 0 Å². The van der Waals surface area contributed by atoms with E-state index in [1.54, 1.807) is 12.1 Å². The molecule has 2 rings (SSSR count). The molecule has 0 aliphatic carbocycles. The van der Waals surface area contributed by atoms with E-state index in [1.807, 2.05) is 24.0 Å². The molecular weight excluding hydrogens is 266 g/mol. The summed E-state index contributed by atoms with van der Waals surface area (Å²) < 4.78 is 5.63. The first-order valence-corrected chi connectivity index (χ1v) is 7.28. The predicted molar refractivity (Wildman–Crippen MR) is 80.9 cm³/mol. The molecule has 0 spiro atoms. The topological polar surface area (TPSA) is 49.8 Å². The summed E-state index contributed by atoms with van der Waals surface area (Å²) in [6.07, 6.45) is 0.941. The van der Waals surface area contributed by atoms with Crippen molar-refractivity contribution in [3.8, 4) is 11.8 Å². The van der Waals surface area contributed by atoms with E-state index >= 15 is 0 Å². The van der Waals surface area contributed by atoms with Gasteiger partial charge < -0.3 is 14.7 Å². The molecule has 0 radical (unpaired) electrons. The molecule has 0 aromatic heterocycles. The van der Waals surface area contributed by atoms with E-state index in [4.69, 9.17) is 9.84 Å². The zero-order valence-corrected chi connectivity index (χ0v) is 12.5. The van der Waals surface area contributed by atoms with Crippen LogP contribution in [0.5, 0.6) is 0 Å². The number of hydrogen-bond donors (Lipinski definition) is 1. The Morgan fingerprint density at radius 3 is 3.05 bits per heavy atom. The number of nitrogens with zero attached hydrogens (tertiary/aromatic N) is 1. The summed E-state index contributed by atoms with van der Waals surface area (Å²) in [7, 11) is 0. The molecule has 4 heteroatoms. The molecule has 1 saturated heterocycles. The van der Waals surface area contributed by atoms with Crippen molar-refractivity contribution in [1.82, 2.24) is 4.90 Å². The molecule has 1 heterocycles. The largest absolute Gasteiger partial charge is 0.384 e. The molecule has 1 aromatic carbocycles. The van der Waals surface area contributed by atoms with Gasteiger partial charge in [0.2, 0.25) is 0 Å². The highest BCUT2D eigenvalue weighted by atomic mass is 16.5. The molecule has 2 unspecified atom stereocenters. The van der Waals surface area contributed by atoms with Crippen molar-refractivity contribution in [1.29, 1.82) is 0 Å². The Bertz CT molecular complexity index is 559. The molecule has 1 amide bonds. The van der Waals surface area contributed by atoms with Crippen LogP contribution in [0.2, 0.25) is 0 Å². The van der Waals surface area contributed by atoms with Crippen molar-refractivity contribution in [2.24, 2.45) is 0 Å². The van der Waals surface area contributed by atoms with Crippen LogP contribution in [0.4, 0.5) is 0 Å². The van der Waals surface area contributed by atoms with Gasteiger partial charge in [-0.2, -0.15) is 0 Å². The molecule has 1 fully saturated rings. The average molecular weight is 287 g/mol. The molecule has 1 N–H and O–H groups in total. The standard InChI is InChI=1S/C17H21NO3/c1-3-16-12-21-13(2)11-18(16)17(20)15-8-4-6-14(10-15)7-5-9-19/h4,6,8,10,13,16,19H,3,9,11-12H2,1-2H3. The summed E-state index contributed by atoms with van der Waals surface area (Å²) in [5.41, 5.74) is 1.37. The van der Waals surface area contributed by atoms with E-state index in [0.717, 1.165) is 12.0 Å². The van der Waals surface area contributed by atoms with Gasteiger partial charge >= 0.3 is 0 Å².